The first-order valence-electron chi connectivity index (χ1n) is 13.3. The quantitative estimate of drug-likeness (QED) is 0.220. The van der Waals surface area contributed by atoms with E-state index < -0.39 is 12.0 Å². The molecule has 1 N–H and O–H groups in total. The minimum absolute atomic E-state index is 0.0491. The number of nitrogens with zero attached hydrogens (tertiary/aromatic N) is 4. The van der Waals surface area contributed by atoms with Gasteiger partial charge in [-0.05, 0) is 72.9 Å². The number of aromatic nitrogens is 4. The van der Waals surface area contributed by atoms with Crippen LogP contribution in [-0.4, -0.2) is 37.4 Å². The molecular formula is C32H27ClN4O4. The minimum Gasteiger partial charge on any atom is -0.494 e. The normalized spacial score (nSPS) is 12.7. The standard InChI is InChI=1S/C32H27ClN4O4/c1-2-40-23-7-5-6-22(15-23)30(26-8-3-4-9-28(26)33)37-31-25-13-11-24(41-18-20-16-34-19-35-17-20)14-21(25)10-12-27(31)29(36-37)32(38)39/h3-9,11,13-17,19,30H,2,10,12,18H2,1H3,(H,38,39). The van der Waals surface area contributed by atoms with Crippen molar-refractivity contribution in [1.29, 1.82) is 0 Å². The molecule has 0 saturated heterocycles. The molecule has 3 aromatic carbocycles. The summed E-state index contributed by atoms with van der Waals surface area (Å²) in [5, 5.41) is 15.5. The molecule has 0 radical (unpaired) electrons. The predicted octanol–water partition coefficient (Wildman–Crippen LogP) is 6.41. The summed E-state index contributed by atoms with van der Waals surface area (Å²) in [6, 6.07) is 20.7. The van der Waals surface area contributed by atoms with E-state index in [1.807, 2.05) is 78.3 Å². The molecule has 0 spiro atoms. The fourth-order valence-corrected chi connectivity index (χ4v) is 5.61. The number of aryl methyl sites for hydroxylation is 1. The first kappa shape index (κ1) is 26.5. The summed E-state index contributed by atoms with van der Waals surface area (Å²) in [5.74, 6) is 0.370. The maximum Gasteiger partial charge on any atom is 0.356 e. The van der Waals surface area contributed by atoms with E-state index in [0.717, 1.165) is 33.5 Å². The van der Waals surface area contributed by atoms with Crippen LogP contribution in [0, 0.1) is 0 Å². The fraction of sp³-hybridized carbons (Fsp3) is 0.188. The van der Waals surface area contributed by atoms with Crippen molar-refractivity contribution in [2.24, 2.45) is 0 Å². The van der Waals surface area contributed by atoms with Crippen molar-refractivity contribution >= 4 is 17.6 Å². The van der Waals surface area contributed by atoms with Gasteiger partial charge in [0.05, 0.1) is 12.3 Å². The van der Waals surface area contributed by atoms with E-state index >= 15 is 0 Å². The molecule has 9 heteroatoms. The van der Waals surface area contributed by atoms with E-state index in [-0.39, 0.29) is 5.69 Å². The van der Waals surface area contributed by atoms with Gasteiger partial charge in [-0.3, -0.25) is 4.68 Å². The molecule has 2 heterocycles. The Kier molecular flexibility index (Phi) is 7.39. The van der Waals surface area contributed by atoms with E-state index in [1.54, 1.807) is 12.4 Å². The zero-order valence-corrected chi connectivity index (χ0v) is 23.1. The molecule has 0 fully saturated rings. The van der Waals surface area contributed by atoms with Gasteiger partial charge in [-0.15, -0.1) is 0 Å². The highest BCUT2D eigenvalue weighted by atomic mass is 35.5. The summed E-state index contributed by atoms with van der Waals surface area (Å²) in [6.07, 6.45) is 6.13. The van der Waals surface area contributed by atoms with Crippen molar-refractivity contribution in [3.63, 3.8) is 0 Å². The molecule has 1 atom stereocenters. The van der Waals surface area contributed by atoms with Crippen LogP contribution in [0.3, 0.4) is 0 Å². The molecule has 2 aromatic heterocycles. The highest BCUT2D eigenvalue weighted by Gasteiger charge is 2.33. The van der Waals surface area contributed by atoms with Crippen LogP contribution in [0.5, 0.6) is 11.5 Å². The van der Waals surface area contributed by atoms with E-state index in [9.17, 15) is 9.90 Å². The Hall–Kier alpha value is -4.69. The molecule has 5 aromatic rings. The number of fused-ring (bicyclic) bond motifs is 3. The van der Waals surface area contributed by atoms with Crippen molar-refractivity contribution in [2.45, 2.75) is 32.4 Å². The number of carboxylic acid groups (broad SMARTS) is 1. The molecule has 206 valence electrons. The number of benzene rings is 3. The van der Waals surface area contributed by atoms with Crippen LogP contribution in [-0.2, 0) is 19.4 Å². The van der Waals surface area contributed by atoms with Gasteiger partial charge in [0.15, 0.2) is 5.69 Å². The molecule has 0 bridgehead atoms. The van der Waals surface area contributed by atoms with Crippen molar-refractivity contribution in [2.75, 3.05) is 6.61 Å². The number of carbonyl (C=O) groups is 1. The number of aromatic carboxylic acids is 1. The smallest absolute Gasteiger partial charge is 0.356 e. The van der Waals surface area contributed by atoms with Crippen LogP contribution in [0.25, 0.3) is 11.3 Å². The first-order valence-corrected chi connectivity index (χ1v) is 13.7. The highest BCUT2D eigenvalue weighted by Crippen LogP contribution is 2.42. The molecule has 1 aliphatic rings. The third-order valence-corrected chi connectivity index (χ3v) is 7.48. The van der Waals surface area contributed by atoms with Gasteiger partial charge < -0.3 is 14.6 Å². The second kappa shape index (κ2) is 11.4. The van der Waals surface area contributed by atoms with E-state index in [1.165, 1.54) is 6.33 Å². The van der Waals surface area contributed by atoms with Crippen molar-refractivity contribution in [1.82, 2.24) is 19.7 Å². The zero-order chi connectivity index (χ0) is 28.3. The van der Waals surface area contributed by atoms with Gasteiger partial charge in [-0.2, -0.15) is 5.10 Å². The minimum atomic E-state index is -1.06. The van der Waals surface area contributed by atoms with E-state index in [0.29, 0.717) is 48.1 Å². The molecule has 0 amide bonds. The molecule has 1 unspecified atom stereocenters. The number of carboxylic acids is 1. The SMILES string of the molecule is CCOc1cccc(C(c2ccccc2Cl)n2nc(C(=O)O)c3c2-c2ccc(OCc4cncnc4)cc2CC3)c1. The number of halogens is 1. The summed E-state index contributed by atoms with van der Waals surface area (Å²) in [4.78, 5) is 20.5. The summed E-state index contributed by atoms with van der Waals surface area (Å²) in [6.45, 7) is 2.80. The van der Waals surface area contributed by atoms with Gasteiger partial charge in [0.25, 0.3) is 0 Å². The second-order valence-corrected chi connectivity index (χ2v) is 10.1. The van der Waals surface area contributed by atoms with Crippen molar-refractivity contribution in [3.05, 3.63) is 124 Å². The predicted molar refractivity (Wildman–Crippen MR) is 155 cm³/mol. The molecule has 1 aliphatic carbocycles. The number of rotatable bonds is 9. The van der Waals surface area contributed by atoms with Gasteiger partial charge in [0.2, 0.25) is 0 Å². The van der Waals surface area contributed by atoms with Crippen molar-refractivity contribution in [3.8, 4) is 22.8 Å². The average Bonchev–Trinajstić information content (AvgIpc) is 3.38. The summed E-state index contributed by atoms with van der Waals surface area (Å²) in [5.41, 5.74) is 6.04. The van der Waals surface area contributed by atoms with Crippen LogP contribution in [0.4, 0.5) is 0 Å². The van der Waals surface area contributed by atoms with Gasteiger partial charge in [0.1, 0.15) is 30.5 Å². The molecule has 6 rings (SSSR count). The van der Waals surface area contributed by atoms with Crippen LogP contribution in [0.15, 0.2) is 85.5 Å². The Morgan fingerprint density at radius 3 is 2.59 bits per heavy atom. The molecule has 0 aliphatic heterocycles. The summed E-state index contributed by atoms with van der Waals surface area (Å²) >= 11 is 6.76. The summed E-state index contributed by atoms with van der Waals surface area (Å²) in [7, 11) is 0. The van der Waals surface area contributed by atoms with Crippen molar-refractivity contribution < 1.29 is 19.4 Å². The lowest BCUT2D eigenvalue weighted by Gasteiger charge is -2.26. The Labute approximate surface area is 242 Å². The highest BCUT2D eigenvalue weighted by molar-refractivity contribution is 6.31. The average molecular weight is 567 g/mol. The lowest BCUT2D eigenvalue weighted by Crippen LogP contribution is -2.17. The molecule has 8 nitrogen and oxygen atoms in total. The third kappa shape index (κ3) is 5.26. The van der Waals surface area contributed by atoms with Gasteiger partial charge in [-0.1, -0.05) is 41.9 Å². The van der Waals surface area contributed by atoms with Crippen LogP contribution in [0.1, 0.15) is 51.3 Å². The van der Waals surface area contributed by atoms with Crippen LogP contribution >= 0.6 is 11.6 Å². The Bertz CT molecular complexity index is 1720. The lowest BCUT2D eigenvalue weighted by molar-refractivity contribution is 0.0688. The van der Waals surface area contributed by atoms with Gasteiger partial charge in [0, 0.05) is 34.1 Å². The Morgan fingerprint density at radius 2 is 1.80 bits per heavy atom. The topological polar surface area (TPSA) is 99.4 Å². The Balaban J connectivity index is 1.49. The maximum absolute atomic E-state index is 12.4. The monoisotopic (exact) mass is 566 g/mol. The molecule has 0 saturated carbocycles. The summed E-state index contributed by atoms with van der Waals surface area (Å²) < 4.78 is 13.6. The van der Waals surface area contributed by atoms with Crippen LogP contribution in [0.2, 0.25) is 5.02 Å². The maximum atomic E-state index is 12.4. The largest absolute Gasteiger partial charge is 0.494 e. The first-order chi connectivity index (χ1) is 20.0. The van der Waals surface area contributed by atoms with E-state index in [2.05, 4.69) is 9.97 Å². The van der Waals surface area contributed by atoms with Gasteiger partial charge in [-0.25, -0.2) is 14.8 Å². The molecular weight excluding hydrogens is 540 g/mol. The van der Waals surface area contributed by atoms with Gasteiger partial charge >= 0.3 is 5.97 Å². The zero-order valence-electron chi connectivity index (χ0n) is 22.3. The fourth-order valence-electron chi connectivity index (χ4n) is 5.37. The third-order valence-electron chi connectivity index (χ3n) is 7.14. The lowest BCUT2D eigenvalue weighted by atomic mass is 9.88. The number of ether oxygens (including phenoxy) is 2. The molecule has 41 heavy (non-hydrogen) atoms. The number of hydrogen-bond donors (Lipinski definition) is 1. The van der Waals surface area contributed by atoms with Crippen LogP contribution < -0.4 is 9.47 Å². The van der Waals surface area contributed by atoms with E-state index in [4.69, 9.17) is 26.2 Å². The second-order valence-electron chi connectivity index (χ2n) is 9.71. The number of hydrogen-bond acceptors (Lipinski definition) is 6. The Morgan fingerprint density at radius 1 is 1.00 bits per heavy atom.